The zero-order valence-electron chi connectivity index (χ0n) is 15.3. The van der Waals surface area contributed by atoms with E-state index in [0.29, 0.717) is 11.4 Å². The van der Waals surface area contributed by atoms with Crippen LogP contribution in [-0.2, 0) is 11.2 Å². The first-order valence-corrected chi connectivity index (χ1v) is 8.94. The number of amides is 1. The van der Waals surface area contributed by atoms with Gasteiger partial charge in [0, 0.05) is 12.1 Å². The minimum Gasteiger partial charge on any atom is -0.455 e. The molecule has 1 N–H and O–H groups in total. The molecule has 0 unspecified atom stereocenters. The molecule has 3 rings (SSSR count). The molecule has 1 atom stereocenters. The summed E-state index contributed by atoms with van der Waals surface area (Å²) in [5.74, 6) is 0.0287. The number of hydrogen-bond donors (Lipinski definition) is 1. The number of rotatable bonds is 7. The van der Waals surface area contributed by atoms with Crippen LogP contribution in [0.5, 0.6) is 5.75 Å². The van der Waals surface area contributed by atoms with Gasteiger partial charge >= 0.3 is 6.09 Å². The Labute approximate surface area is 163 Å². The zero-order valence-corrected chi connectivity index (χ0v) is 15.3. The summed E-state index contributed by atoms with van der Waals surface area (Å²) in [5.41, 5.74) is 2.98. The van der Waals surface area contributed by atoms with Gasteiger partial charge < -0.3 is 9.47 Å². The molecular weight excluding hydrogens is 357 g/mol. The van der Waals surface area contributed by atoms with Gasteiger partial charge in [0.25, 0.3) is 0 Å². The lowest BCUT2D eigenvalue weighted by molar-refractivity contribution is -0.0240. The van der Waals surface area contributed by atoms with Crippen LogP contribution in [-0.4, -0.2) is 12.4 Å². The summed E-state index contributed by atoms with van der Waals surface area (Å²) in [4.78, 5) is 12.1. The van der Waals surface area contributed by atoms with Crippen molar-refractivity contribution in [1.82, 2.24) is 0 Å². The van der Waals surface area contributed by atoms with Gasteiger partial charge in [-0.2, -0.15) is 0 Å². The first-order valence-electron chi connectivity index (χ1n) is 8.94. The van der Waals surface area contributed by atoms with E-state index in [-0.39, 0.29) is 12.2 Å². The number of ether oxygens (including phenoxy) is 2. The van der Waals surface area contributed by atoms with Crippen molar-refractivity contribution in [3.63, 3.8) is 0 Å². The van der Waals surface area contributed by atoms with E-state index in [1.165, 1.54) is 29.8 Å². The SMILES string of the molecule is [CH2]C[C@@H](OC(=O)Nc1ccc(Cc2ccccc2)cc1)Oc1ccc(F)cc1. The molecule has 0 saturated carbocycles. The average Bonchev–Trinajstić information content (AvgIpc) is 2.71. The maximum absolute atomic E-state index is 12.9. The minimum absolute atomic E-state index is 0.209. The predicted molar refractivity (Wildman–Crippen MR) is 107 cm³/mol. The van der Waals surface area contributed by atoms with Gasteiger partial charge in [0.1, 0.15) is 11.6 Å². The first-order chi connectivity index (χ1) is 13.6. The second-order valence-electron chi connectivity index (χ2n) is 6.18. The molecule has 0 fully saturated rings. The highest BCUT2D eigenvalue weighted by molar-refractivity contribution is 5.84. The molecule has 1 radical (unpaired) electrons. The third-order valence-electron chi connectivity index (χ3n) is 4.01. The van der Waals surface area contributed by atoms with Crippen LogP contribution < -0.4 is 10.1 Å². The highest BCUT2D eigenvalue weighted by Gasteiger charge is 2.14. The Hall–Kier alpha value is -3.34. The average molecular weight is 378 g/mol. The maximum atomic E-state index is 12.9. The molecule has 143 valence electrons. The van der Waals surface area contributed by atoms with E-state index in [2.05, 4.69) is 24.4 Å². The van der Waals surface area contributed by atoms with Crippen LogP contribution in [0, 0.1) is 12.7 Å². The molecule has 5 heteroatoms. The molecule has 0 aromatic heterocycles. The first kappa shape index (κ1) is 19.4. The number of nitrogens with one attached hydrogen (secondary N) is 1. The number of carbonyl (C=O) groups excluding carboxylic acids is 1. The fourth-order valence-corrected chi connectivity index (χ4v) is 2.61. The summed E-state index contributed by atoms with van der Waals surface area (Å²) in [6.07, 6.45) is -0.490. The normalized spacial score (nSPS) is 11.5. The second-order valence-corrected chi connectivity index (χ2v) is 6.18. The maximum Gasteiger partial charge on any atom is 0.414 e. The van der Waals surface area contributed by atoms with Crippen molar-refractivity contribution in [3.8, 4) is 5.75 Å². The highest BCUT2D eigenvalue weighted by atomic mass is 19.1. The van der Waals surface area contributed by atoms with Gasteiger partial charge in [-0.05, 0) is 60.9 Å². The van der Waals surface area contributed by atoms with Crippen LogP contribution in [0.4, 0.5) is 14.9 Å². The molecule has 0 bridgehead atoms. The summed E-state index contributed by atoms with van der Waals surface area (Å²) in [6.45, 7) is 3.71. The third-order valence-corrected chi connectivity index (χ3v) is 4.01. The van der Waals surface area contributed by atoms with Crippen molar-refractivity contribution >= 4 is 11.8 Å². The van der Waals surface area contributed by atoms with Crippen molar-refractivity contribution in [1.29, 1.82) is 0 Å². The van der Waals surface area contributed by atoms with Gasteiger partial charge in [-0.3, -0.25) is 5.32 Å². The van der Waals surface area contributed by atoms with Crippen LogP contribution in [0.3, 0.4) is 0 Å². The Bertz CT molecular complexity index is 880. The molecule has 0 heterocycles. The molecule has 0 aliphatic rings. The van der Waals surface area contributed by atoms with E-state index in [9.17, 15) is 9.18 Å². The van der Waals surface area contributed by atoms with Crippen LogP contribution in [0.25, 0.3) is 0 Å². The van der Waals surface area contributed by atoms with Crippen molar-refractivity contribution < 1.29 is 18.7 Å². The van der Waals surface area contributed by atoms with Gasteiger partial charge in [0.2, 0.25) is 6.29 Å². The van der Waals surface area contributed by atoms with E-state index in [0.717, 1.165) is 12.0 Å². The Balaban J connectivity index is 1.52. The molecule has 1 amide bonds. The summed E-state index contributed by atoms with van der Waals surface area (Å²) < 4.78 is 23.7. The van der Waals surface area contributed by atoms with E-state index in [1.54, 1.807) is 0 Å². The Morgan fingerprint density at radius 1 is 0.929 bits per heavy atom. The molecule has 0 spiro atoms. The molecular formula is C23H21FNO3. The number of benzene rings is 3. The summed E-state index contributed by atoms with van der Waals surface area (Å²) >= 11 is 0. The largest absolute Gasteiger partial charge is 0.455 e. The van der Waals surface area contributed by atoms with Crippen molar-refractivity contribution in [2.24, 2.45) is 0 Å². The van der Waals surface area contributed by atoms with Crippen LogP contribution in [0.1, 0.15) is 17.5 Å². The van der Waals surface area contributed by atoms with Gasteiger partial charge in [-0.15, -0.1) is 0 Å². The fourth-order valence-electron chi connectivity index (χ4n) is 2.61. The zero-order chi connectivity index (χ0) is 19.8. The lowest BCUT2D eigenvalue weighted by Gasteiger charge is -2.18. The Morgan fingerprint density at radius 2 is 1.57 bits per heavy atom. The standard InChI is InChI=1S/C23H21FNO3/c1-2-22(27-21-14-10-19(24)11-15-21)28-23(26)25-20-12-8-18(9-13-20)16-17-6-4-3-5-7-17/h3-15,22H,1-2,16H2,(H,25,26)/t22-/m1/s1. The number of carbonyl (C=O) groups is 1. The van der Waals surface area contributed by atoms with Gasteiger partial charge in [0.05, 0.1) is 0 Å². The number of hydrogen-bond acceptors (Lipinski definition) is 3. The minimum atomic E-state index is -0.872. The van der Waals surface area contributed by atoms with Crippen LogP contribution in [0.15, 0.2) is 78.9 Å². The topological polar surface area (TPSA) is 47.6 Å². The van der Waals surface area contributed by atoms with Crippen LogP contribution in [0.2, 0.25) is 0 Å². The van der Waals surface area contributed by atoms with Gasteiger partial charge in [-0.1, -0.05) is 42.5 Å². The quantitative estimate of drug-likeness (QED) is 0.545. The van der Waals surface area contributed by atoms with E-state index >= 15 is 0 Å². The summed E-state index contributed by atoms with van der Waals surface area (Å²) in [6, 6.07) is 23.2. The number of halogens is 1. The highest BCUT2D eigenvalue weighted by Crippen LogP contribution is 2.17. The number of anilines is 1. The monoisotopic (exact) mass is 378 g/mol. The molecule has 3 aromatic rings. The van der Waals surface area contributed by atoms with Crippen molar-refractivity contribution in [2.45, 2.75) is 19.1 Å². The predicted octanol–water partition coefficient (Wildman–Crippen LogP) is 5.59. The molecule has 0 aliphatic carbocycles. The Morgan fingerprint density at radius 3 is 2.21 bits per heavy atom. The summed E-state index contributed by atoms with van der Waals surface area (Å²) in [7, 11) is 0. The van der Waals surface area contributed by atoms with E-state index in [4.69, 9.17) is 9.47 Å². The fraction of sp³-hybridized carbons (Fsp3) is 0.130. The molecule has 4 nitrogen and oxygen atoms in total. The van der Waals surface area contributed by atoms with E-state index in [1.807, 2.05) is 42.5 Å². The molecule has 0 saturated heterocycles. The lowest BCUT2D eigenvalue weighted by atomic mass is 10.1. The van der Waals surface area contributed by atoms with Crippen molar-refractivity contribution in [2.75, 3.05) is 5.32 Å². The third kappa shape index (κ3) is 5.84. The molecule has 0 aliphatic heterocycles. The Kier molecular flexibility index (Phi) is 6.63. The smallest absolute Gasteiger partial charge is 0.414 e. The molecule has 28 heavy (non-hydrogen) atoms. The van der Waals surface area contributed by atoms with E-state index < -0.39 is 12.4 Å². The second kappa shape index (κ2) is 9.55. The van der Waals surface area contributed by atoms with Gasteiger partial charge in [0.15, 0.2) is 0 Å². The summed E-state index contributed by atoms with van der Waals surface area (Å²) in [5, 5.41) is 2.66. The van der Waals surface area contributed by atoms with Crippen molar-refractivity contribution in [3.05, 3.63) is 103 Å². The molecule has 3 aromatic carbocycles. The van der Waals surface area contributed by atoms with Gasteiger partial charge in [-0.25, -0.2) is 9.18 Å². The van der Waals surface area contributed by atoms with Crippen LogP contribution >= 0.6 is 0 Å². The lowest BCUT2D eigenvalue weighted by Crippen LogP contribution is -2.26.